The third kappa shape index (κ3) is 2.98. The van der Waals surface area contributed by atoms with Crippen LogP contribution in [0.5, 0.6) is 5.75 Å². The number of esters is 1. The third-order valence-electron chi connectivity index (χ3n) is 2.13. The highest BCUT2D eigenvalue weighted by Gasteiger charge is 2.15. The van der Waals surface area contributed by atoms with E-state index < -0.39 is 0 Å². The van der Waals surface area contributed by atoms with Crippen LogP contribution in [0.3, 0.4) is 0 Å². The zero-order chi connectivity index (χ0) is 12.3. The van der Waals surface area contributed by atoms with Crippen molar-refractivity contribution in [2.75, 3.05) is 5.73 Å². The number of benzene rings is 1. The Bertz CT molecular complexity index is 419. The summed E-state index contributed by atoms with van der Waals surface area (Å²) in [5, 5.41) is 0. The zero-order valence-corrected chi connectivity index (χ0v) is 12.3. The quantitative estimate of drug-likeness (QED) is 0.512. The minimum atomic E-state index is -0.243. The van der Waals surface area contributed by atoms with Gasteiger partial charge in [0.25, 0.3) is 0 Å². The Balaban J connectivity index is 3.05. The van der Waals surface area contributed by atoms with Gasteiger partial charge in [-0.1, -0.05) is 6.92 Å². The summed E-state index contributed by atoms with van der Waals surface area (Å²) >= 11 is 6.70. The fourth-order valence-corrected chi connectivity index (χ4v) is 2.49. The summed E-state index contributed by atoms with van der Waals surface area (Å²) in [6.07, 6.45) is 1.17. The summed E-state index contributed by atoms with van der Waals surface area (Å²) in [7, 11) is 0. The predicted molar refractivity (Wildman–Crippen MR) is 71.5 cm³/mol. The SMILES string of the molecule is CCCC(=O)Oc1c(Br)cc(N)c(C)c1Br. The van der Waals surface area contributed by atoms with E-state index in [0.29, 0.717) is 26.8 Å². The Morgan fingerprint density at radius 3 is 2.69 bits per heavy atom. The van der Waals surface area contributed by atoms with Crippen LogP contribution < -0.4 is 10.5 Å². The maximum absolute atomic E-state index is 11.4. The monoisotopic (exact) mass is 349 g/mol. The fourth-order valence-electron chi connectivity index (χ4n) is 1.17. The Labute approximate surface area is 112 Å². The van der Waals surface area contributed by atoms with Crippen LogP contribution in [-0.2, 0) is 4.79 Å². The Kier molecular flexibility index (Phi) is 4.80. The van der Waals surface area contributed by atoms with Crippen LogP contribution in [0.15, 0.2) is 15.0 Å². The number of rotatable bonds is 3. The predicted octanol–water partition coefficient (Wildman–Crippen LogP) is 3.81. The van der Waals surface area contributed by atoms with Gasteiger partial charge < -0.3 is 10.5 Å². The Morgan fingerprint density at radius 2 is 2.12 bits per heavy atom. The molecule has 1 rings (SSSR count). The number of anilines is 1. The average Bonchev–Trinajstić information content (AvgIpc) is 2.22. The first-order chi connectivity index (χ1) is 7.47. The maximum atomic E-state index is 11.4. The molecule has 0 aromatic heterocycles. The van der Waals surface area contributed by atoms with Crippen LogP contribution in [0, 0.1) is 6.92 Å². The average molecular weight is 351 g/mol. The number of nitrogen functional groups attached to an aromatic ring is 1. The van der Waals surface area contributed by atoms with Crippen molar-refractivity contribution in [2.24, 2.45) is 0 Å². The summed E-state index contributed by atoms with van der Waals surface area (Å²) < 4.78 is 6.65. The van der Waals surface area contributed by atoms with E-state index in [4.69, 9.17) is 10.5 Å². The topological polar surface area (TPSA) is 52.3 Å². The first kappa shape index (κ1) is 13.5. The molecule has 0 radical (unpaired) electrons. The number of hydrogen-bond donors (Lipinski definition) is 1. The molecule has 0 aliphatic heterocycles. The minimum Gasteiger partial charge on any atom is -0.424 e. The molecule has 0 bridgehead atoms. The van der Waals surface area contributed by atoms with Gasteiger partial charge in [-0.05, 0) is 56.8 Å². The Morgan fingerprint density at radius 1 is 1.50 bits per heavy atom. The fraction of sp³-hybridized carbons (Fsp3) is 0.364. The molecular weight excluding hydrogens is 338 g/mol. The van der Waals surface area contributed by atoms with E-state index in [-0.39, 0.29) is 5.97 Å². The lowest BCUT2D eigenvalue weighted by Crippen LogP contribution is -2.08. The van der Waals surface area contributed by atoms with Crippen LogP contribution in [0.1, 0.15) is 25.3 Å². The molecule has 0 unspecified atom stereocenters. The lowest BCUT2D eigenvalue weighted by atomic mass is 10.2. The number of hydrogen-bond acceptors (Lipinski definition) is 3. The van der Waals surface area contributed by atoms with Crippen molar-refractivity contribution in [3.63, 3.8) is 0 Å². The molecule has 5 heteroatoms. The third-order valence-corrected chi connectivity index (χ3v) is 3.67. The van der Waals surface area contributed by atoms with Gasteiger partial charge in [0.2, 0.25) is 0 Å². The van der Waals surface area contributed by atoms with Gasteiger partial charge in [-0.2, -0.15) is 0 Å². The van der Waals surface area contributed by atoms with E-state index in [1.165, 1.54) is 0 Å². The molecular formula is C11H13Br2NO2. The molecule has 0 saturated carbocycles. The van der Waals surface area contributed by atoms with Crippen LogP contribution >= 0.6 is 31.9 Å². The van der Waals surface area contributed by atoms with Crippen molar-refractivity contribution in [3.8, 4) is 5.75 Å². The highest BCUT2D eigenvalue weighted by atomic mass is 79.9. The summed E-state index contributed by atoms with van der Waals surface area (Å²) in [6, 6.07) is 1.73. The first-order valence-electron chi connectivity index (χ1n) is 4.92. The van der Waals surface area contributed by atoms with Crippen molar-refractivity contribution in [1.29, 1.82) is 0 Å². The maximum Gasteiger partial charge on any atom is 0.311 e. The molecule has 88 valence electrons. The van der Waals surface area contributed by atoms with E-state index >= 15 is 0 Å². The zero-order valence-electron chi connectivity index (χ0n) is 9.14. The second-order valence-electron chi connectivity index (χ2n) is 3.44. The highest BCUT2D eigenvalue weighted by Crippen LogP contribution is 2.39. The Hall–Kier alpha value is -0.550. The number of carbonyl (C=O) groups is 1. The van der Waals surface area contributed by atoms with E-state index in [2.05, 4.69) is 31.9 Å². The van der Waals surface area contributed by atoms with Gasteiger partial charge in [0.1, 0.15) is 0 Å². The van der Waals surface area contributed by atoms with Crippen LogP contribution in [0.2, 0.25) is 0 Å². The largest absolute Gasteiger partial charge is 0.424 e. The number of ether oxygens (including phenoxy) is 1. The van der Waals surface area contributed by atoms with Crippen molar-refractivity contribution in [3.05, 3.63) is 20.6 Å². The standard InChI is InChI=1S/C11H13Br2NO2/c1-3-4-9(15)16-11-7(12)5-8(14)6(2)10(11)13/h5H,3-4,14H2,1-2H3. The molecule has 2 N–H and O–H groups in total. The molecule has 1 aromatic carbocycles. The second kappa shape index (κ2) is 5.68. The van der Waals surface area contributed by atoms with Crippen molar-refractivity contribution >= 4 is 43.5 Å². The van der Waals surface area contributed by atoms with Gasteiger partial charge in [-0.15, -0.1) is 0 Å². The summed E-state index contributed by atoms with van der Waals surface area (Å²) in [5.74, 6) is 0.248. The molecule has 0 spiro atoms. The molecule has 16 heavy (non-hydrogen) atoms. The van der Waals surface area contributed by atoms with Crippen molar-refractivity contribution < 1.29 is 9.53 Å². The van der Waals surface area contributed by atoms with E-state index in [1.807, 2.05) is 13.8 Å². The number of nitrogens with two attached hydrogens (primary N) is 1. The highest BCUT2D eigenvalue weighted by molar-refractivity contribution is 9.11. The molecule has 0 heterocycles. The van der Waals surface area contributed by atoms with Gasteiger partial charge in [0, 0.05) is 12.1 Å². The lowest BCUT2D eigenvalue weighted by Gasteiger charge is -2.12. The van der Waals surface area contributed by atoms with Crippen molar-refractivity contribution in [2.45, 2.75) is 26.7 Å². The first-order valence-corrected chi connectivity index (χ1v) is 6.50. The molecule has 0 fully saturated rings. The molecule has 0 saturated heterocycles. The summed E-state index contributed by atoms with van der Waals surface area (Å²) in [6.45, 7) is 3.79. The smallest absolute Gasteiger partial charge is 0.311 e. The molecule has 0 aliphatic rings. The minimum absolute atomic E-state index is 0.243. The van der Waals surface area contributed by atoms with Gasteiger partial charge in [0.05, 0.1) is 8.95 Å². The van der Waals surface area contributed by atoms with Gasteiger partial charge in [-0.25, -0.2) is 0 Å². The van der Waals surface area contributed by atoms with E-state index in [1.54, 1.807) is 6.07 Å². The van der Waals surface area contributed by atoms with Crippen LogP contribution in [0.25, 0.3) is 0 Å². The van der Waals surface area contributed by atoms with Crippen LogP contribution in [0.4, 0.5) is 5.69 Å². The molecule has 0 aliphatic carbocycles. The number of halogens is 2. The van der Waals surface area contributed by atoms with Crippen LogP contribution in [-0.4, -0.2) is 5.97 Å². The lowest BCUT2D eigenvalue weighted by molar-refractivity contribution is -0.134. The van der Waals surface area contributed by atoms with Gasteiger partial charge >= 0.3 is 5.97 Å². The molecule has 3 nitrogen and oxygen atoms in total. The van der Waals surface area contributed by atoms with Gasteiger partial charge in [0.15, 0.2) is 5.75 Å². The molecule has 0 atom stereocenters. The van der Waals surface area contributed by atoms with E-state index in [0.717, 1.165) is 12.0 Å². The second-order valence-corrected chi connectivity index (χ2v) is 5.09. The van der Waals surface area contributed by atoms with Crippen molar-refractivity contribution in [1.82, 2.24) is 0 Å². The van der Waals surface area contributed by atoms with E-state index in [9.17, 15) is 4.79 Å². The number of carbonyl (C=O) groups excluding carboxylic acids is 1. The molecule has 1 aromatic rings. The molecule has 0 amide bonds. The summed E-state index contributed by atoms with van der Waals surface area (Å²) in [5.41, 5.74) is 7.29. The normalized spacial score (nSPS) is 10.2. The van der Waals surface area contributed by atoms with Gasteiger partial charge in [-0.3, -0.25) is 4.79 Å². The summed E-state index contributed by atoms with van der Waals surface area (Å²) in [4.78, 5) is 11.4.